The minimum absolute atomic E-state index is 0.587. The predicted octanol–water partition coefficient (Wildman–Crippen LogP) is 2.84. The van der Waals surface area contributed by atoms with Crippen LogP contribution in [0.3, 0.4) is 0 Å². The van der Waals surface area contributed by atoms with Crippen molar-refractivity contribution in [3.05, 3.63) is 36.1 Å². The van der Waals surface area contributed by atoms with Crippen LogP contribution in [0.2, 0.25) is 0 Å². The quantitative estimate of drug-likeness (QED) is 0.782. The Morgan fingerprint density at radius 2 is 2.11 bits per heavy atom. The average Bonchev–Trinajstić information content (AvgIpc) is 2.89. The van der Waals surface area contributed by atoms with Gasteiger partial charge in [0.1, 0.15) is 17.0 Å². The van der Waals surface area contributed by atoms with Crippen molar-refractivity contribution in [2.45, 2.75) is 0 Å². The molecule has 5 nitrogen and oxygen atoms in total. The molecule has 0 aliphatic carbocycles. The Hall–Kier alpha value is -2.21. The van der Waals surface area contributed by atoms with Crippen LogP contribution in [-0.2, 0) is 0 Å². The number of pyridine rings is 1. The fraction of sp³-hybridized carbons (Fsp3) is 0.0833. The van der Waals surface area contributed by atoms with Crippen LogP contribution < -0.4 is 10.1 Å². The summed E-state index contributed by atoms with van der Waals surface area (Å²) in [6.45, 7) is 0. The Bertz CT molecular complexity index is 665. The van der Waals surface area contributed by atoms with E-state index in [1.165, 1.54) is 0 Å². The fourth-order valence-corrected chi connectivity index (χ4v) is 2.33. The molecule has 90 valence electrons. The van der Waals surface area contributed by atoms with Crippen molar-refractivity contribution in [3.63, 3.8) is 0 Å². The van der Waals surface area contributed by atoms with Crippen LogP contribution in [0.15, 0.2) is 36.1 Å². The summed E-state index contributed by atoms with van der Waals surface area (Å²) >= 11 is 1.59. The summed E-state index contributed by atoms with van der Waals surface area (Å²) in [5, 5.41) is 6.23. The van der Waals surface area contributed by atoms with Crippen molar-refractivity contribution >= 4 is 33.1 Å². The maximum Gasteiger partial charge on any atom is 0.213 e. The fourth-order valence-electron chi connectivity index (χ4n) is 1.60. The van der Waals surface area contributed by atoms with Crippen LogP contribution in [0.5, 0.6) is 5.88 Å². The molecule has 0 bridgehead atoms. The van der Waals surface area contributed by atoms with Gasteiger partial charge in [-0.3, -0.25) is 0 Å². The van der Waals surface area contributed by atoms with E-state index in [0.29, 0.717) is 5.88 Å². The second-order valence-corrected chi connectivity index (χ2v) is 4.47. The molecule has 3 rings (SSSR count). The third-order valence-corrected chi connectivity index (χ3v) is 3.29. The smallest absolute Gasteiger partial charge is 0.213 e. The van der Waals surface area contributed by atoms with Crippen LogP contribution in [0.1, 0.15) is 0 Å². The Kier molecular flexibility index (Phi) is 2.77. The molecule has 3 heterocycles. The van der Waals surface area contributed by atoms with Crippen molar-refractivity contribution in [1.29, 1.82) is 0 Å². The number of ether oxygens (including phenoxy) is 1. The van der Waals surface area contributed by atoms with E-state index >= 15 is 0 Å². The summed E-state index contributed by atoms with van der Waals surface area (Å²) in [7, 11) is 1.59. The number of nitrogens with one attached hydrogen (secondary N) is 1. The van der Waals surface area contributed by atoms with Crippen LogP contribution >= 0.6 is 11.3 Å². The van der Waals surface area contributed by atoms with Crippen LogP contribution in [-0.4, -0.2) is 22.1 Å². The molecule has 0 spiro atoms. The number of nitrogens with zero attached hydrogens (tertiary/aromatic N) is 3. The van der Waals surface area contributed by atoms with Crippen molar-refractivity contribution in [2.24, 2.45) is 0 Å². The minimum atomic E-state index is 0.587. The van der Waals surface area contributed by atoms with Crippen LogP contribution in [0.25, 0.3) is 10.2 Å². The highest BCUT2D eigenvalue weighted by atomic mass is 32.1. The van der Waals surface area contributed by atoms with E-state index in [1.807, 2.05) is 17.5 Å². The third-order valence-electron chi connectivity index (χ3n) is 2.47. The number of anilines is 2. The molecule has 0 aromatic carbocycles. The first-order chi connectivity index (χ1) is 8.86. The van der Waals surface area contributed by atoms with Gasteiger partial charge in [0.25, 0.3) is 0 Å². The van der Waals surface area contributed by atoms with Gasteiger partial charge in [0.15, 0.2) is 0 Å². The molecule has 0 saturated heterocycles. The molecule has 0 aliphatic heterocycles. The molecule has 0 atom stereocenters. The second kappa shape index (κ2) is 4.58. The van der Waals surface area contributed by atoms with Gasteiger partial charge in [-0.2, -0.15) is 0 Å². The number of hydrogen-bond acceptors (Lipinski definition) is 6. The lowest BCUT2D eigenvalue weighted by atomic mass is 10.3. The van der Waals surface area contributed by atoms with E-state index in [0.717, 1.165) is 21.7 Å². The molecule has 0 fully saturated rings. The maximum absolute atomic E-state index is 5.01. The molecule has 3 aromatic heterocycles. The number of rotatable bonds is 3. The lowest BCUT2D eigenvalue weighted by Crippen LogP contribution is -1.95. The van der Waals surface area contributed by atoms with E-state index < -0.39 is 0 Å². The maximum atomic E-state index is 5.01. The SMILES string of the molecule is COc1ccc(Nc2ncnc3sccc23)cn1. The molecule has 3 aromatic rings. The molecule has 0 radical (unpaired) electrons. The second-order valence-electron chi connectivity index (χ2n) is 3.58. The molecule has 0 amide bonds. The number of thiophene rings is 1. The first-order valence-corrected chi connectivity index (χ1v) is 6.20. The molecule has 0 saturated carbocycles. The summed E-state index contributed by atoms with van der Waals surface area (Å²) in [5.74, 6) is 1.37. The number of hydrogen-bond donors (Lipinski definition) is 1. The van der Waals surface area contributed by atoms with Gasteiger partial charge in [0.05, 0.1) is 24.4 Å². The lowest BCUT2D eigenvalue weighted by molar-refractivity contribution is 0.398. The molecule has 6 heteroatoms. The Morgan fingerprint density at radius 3 is 2.89 bits per heavy atom. The van der Waals surface area contributed by atoms with Gasteiger partial charge in [-0.05, 0) is 17.5 Å². The van der Waals surface area contributed by atoms with Gasteiger partial charge in [0.2, 0.25) is 5.88 Å². The number of fused-ring (bicyclic) bond motifs is 1. The third kappa shape index (κ3) is 1.98. The standard InChI is InChI=1S/C12H10N4OS/c1-17-10-3-2-8(6-13-10)16-11-9-4-5-18-12(9)15-7-14-11/h2-7H,1H3,(H,14,15,16). The van der Waals surface area contributed by atoms with Crippen molar-refractivity contribution in [2.75, 3.05) is 12.4 Å². The molecule has 0 unspecified atom stereocenters. The molecular formula is C12H10N4OS. The van der Waals surface area contributed by atoms with E-state index in [-0.39, 0.29) is 0 Å². The van der Waals surface area contributed by atoms with Crippen LogP contribution in [0, 0.1) is 0 Å². The van der Waals surface area contributed by atoms with Gasteiger partial charge in [-0.25, -0.2) is 15.0 Å². The Morgan fingerprint density at radius 1 is 1.17 bits per heavy atom. The number of aromatic nitrogens is 3. The zero-order chi connectivity index (χ0) is 12.4. The summed E-state index contributed by atoms with van der Waals surface area (Å²) < 4.78 is 5.01. The molecule has 1 N–H and O–H groups in total. The first kappa shape index (κ1) is 10.9. The largest absolute Gasteiger partial charge is 0.481 e. The summed E-state index contributed by atoms with van der Waals surface area (Å²) in [6.07, 6.45) is 3.26. The van der Waals surface area contributed by atoms with E-state index in [1.54, 1.807) is 37.0 Å². The Balaban J connectivity index is 1.93. The van der Waals surface area contributed by atoms with E-state index in [4.69, 9.17) is 4.74 Å². The van der Waals surface area contributed by atoms with Crippen molar-refractivity contribution in [1.82, 2.24) is 15.0 Å². The number of methoxy groups -OCH3 is 1. The summed E-state index contributed by atoms with van der Waals surface area (Å²) in [6, 6.07) is 5.69. The first-order valence-electron chi connectivity index (χ1n) is 5.32. The topological polar surface area (TPSA) is 59.9 Å². The van der Waals surface area contributed by atoms with Gasteiger partial charge >= 0.3 is 0 Å². The normalized spacial score (nSPS) is 10.5. The zero-order valence-corrected chi connectivity index (χ0v) is 10.4. The van der Waals surface area contributed by atoms with Crippen molar-refractivity contribution in [3.8, 4) is 5.88 Å². The average molecular weight is 258 g/mol. The van der Waals surface area contributed by atoms with E-state index in [9.17, 15) is 0 Å². The van der Waals surface area contributed by atoms with Crippen molar-refractivity contribution < 1.29 is 4.74 Å². The highest BCUT2D eigenvalue weighted by Gasteiger charge is 2.05. The van der Waals surface area contributed by atoms with Crippen LogP contribution in [0.4, 0.5) is 11.5 Å². The van der Waals surface area contributed by atoms with Gasteiger partial charge < -0.3 is 10.1 Å². The highest BCUT2D eigenvalue weighted by molar-refractivity contribution is 7.16. The van der Waals surface area contributed by atoms with Gasteiger partial charge in [0, 0.05) is 6.07 Å². The van der Waals surface area contributed by atoms with E-state index in [2.05, 4.69) is 20.3 Å². The molecular weight excluding hydrogens is 248 g/mol. The minimum Gasteiger partial charge on any atom is -0.481 e. The summed E-state index contributed by atoms with van der Waals surface area (Å²) in [5.41, 5.74) is 0.863. The lowest BCUT2D eigenvalue weighted by Gasteiger charge is -2.06. The Labute approximate surface area is 107 Å². The van der Waals surface area contributed by atoms with Gasteiger partial charge in [-0.1, -0.05) is 0 Å². The monoisotopic (exact) mass is 258 g/mol. The predicted molar refractivity (Wildman–Crippen MR) is 71.5 cm³/mol. The summed E-state index contributed by atoms with van der Waals surface area (Å²) in [4.78, 5) is 13.5. The van der Waals surface area contributed by atoms with Gasteiger partial charge in [-0.15, -0.1) is 11.3 Å². The highest BCUT2D eigenvalue weighted by Crippen LogP contribution is 2.26. The molecule has 0 aliphatic rings. The zero-order valence-electron chi connectivity index (χ0n) is 9.62. The molecule has 18 heavy (non-hydrogen) atoms.